The molecule has 1 heterocycles. The first kappa shape index (κ1) is 7.30. The van der Waals surface area contributed by atoms with E-state index in [4.69, 9.17) is 4.52 Å². The smallest absolute Gasteiger partial charge is 0.174 e. The van der Waals surface area contributed by atoms with Crippen LogP contribution in [0.25, 0.3) is 0 Å². The second-order valence-corrected chi connectivity index (χ2v) is 4.18. The fourth-order valence-corrected chi connectivity index (χ4v) is 2.24. The van der Waals surface area contributed by atoms with E-state index in [1.54, 1.807) is 0 Å². The van der Waals surface area contributed by atoms with Crippen LogP contribution in [-0.2, 0) is 6.42 Å². The van der Waals surface area contributed by atoms with Gasteiger partial charge in [-0.2, -0.15) is 0 Å². The zero-order valence-electron chi connectivity index (χ0n) is 7.59. The third-order valence-corrected chi connectivity index (χ3v) is 3.33. The lowest BCUT2D eigenvalue weighted by atomic mass is 9.83. The number of hydrogen-bond acceptors (Lipinski definition) is 3. The van der Waals surface area contributed by atoms with Crippen LogP contribution in [0.5, 0.6) is 0 Å². The number of hydrogen-bond donors (Lipinski definition) is 0. The Morgan fingerprint density at radius 3 is 2.85 bits per heavy atom. The molecular formula is C10H11NO2. The normalized spacial score (nSPS) is 23.3. The van der Waals surface area contributed by atoms with Gasteiger partial charge >= 0.3 is 0 Å². The fraction of sp³-hybridized carbons (Fsp3) is 0.600. The topological polar surface area (TPSA) is 43.1 Å². The van der Waals surface area contributed by atoms with Gasteiger partial charge in [0.1, 0.15) is 5.76 Å². The van der Waals surface area contributed by atoms with Crippen molar-refractivity contribution in [1.29, 1.82) is 0 Å². The molecule has 1 spiro atoms. The first-order chi connectivity index (χ1) is 6.23. The number of aryl methyl sites for hydroxylation is 2. The predicted molar refractivity (Wildman–Crippen MR) is 45.6 cm³/mol. The van der Waals surface area contributed by atoms with Gasteiger partial charge in [0.05, 0.1) is 11.3 Å². The second kappa shape index (κ2) is 2.03. The van der Waals surface area contributed by atoms with Crippen molar-refractivity contribution < 1.29 is 9.32 Å². The maximum absolute atomic E-state index is 12.0. The fourth-order valence-electron chi connectivity index (χ4n) is 2.24. The number of aromatic nitrogens is 1. The molecule has 0 unspecified atom stereocenters. The van der Waals surface area contributed by atoms with Crippen LogP contribution < -0.4 is 0 Å². The molecule has 0 amide bonds. The lowest BCUT2D eigenvalue weighted by Crippen LogP contribution is -2.23. The zero-order valence-corrected chi connectivity index (χ0v) is 7.59. The average Bonchev–Trinajstić information content (AvgIpc) is 2.80. The maximum atomic E-state index is 12.0. The molecule has 3 nitrogen and oxygen atoms in total. The molecule has 0 atom stereocenters. The van der Waals surface area contributed by atoms with Crippen molar-refractivity contribution in [1.82, 2.24) is 5.16 Å². The molecule has 68 valence electrons. The molecule has 3 rings (SSSR count). The highest BCUT2D eigenvalue weighted by molar-refractivity contribution is 6.04. The van der Waals surface area contributed by atoms with Gasteiger partial charge in [-0.25, -0.2) is 0 Å². The van der Waals surface area contributed by atoms with Crippen molar-refractivity contribution in [3.8, 4) is 0 Å². The van der Waals surface area contributed by atoms with Gasteiger partial charge in [-0.1, -0.05) is 5.16 Å². The Kier molecular flexibility index (Phi) is 1.14. The van der Waals surface area contributed by atoms with E-state index in [1.165, 1.54) is 0 Å². The summed E-state index contributed by atoms with van der Waals surface area (Å²) in [6, 6.07) is 0. The molecule has 0 radical (unpaired) electrons. The van der Waals surface area contributed by atoms with Gasteiger partial charge in [-0.3, -0.25) is 4.79 Å². The molecule has 1 aromatic heterocycles. The van der Waals surface area contributed by atoms with Crippen LogP contribution in [0.15, 0.2) is 4.52 Å². The quantitative estimate of drug-likeness (QED) is 0.607. The van der Waals surface area contributed by atoms with E-state index in [-0.39, 0.29) is 11.2 Å². The molecule has 0 bridgehead atoms. The highest BCUT2D eigenvalue weighted by Crippen LogP contribution is 2.54. The monoisotopic (exact) mass is 177 g/mol. The van der Waals surface area contributed by atoms with Crippen LogP contribution in [0.4, 0.5) is 0 Å². The van der Waals surface area contributed by atoms with E-state index in [2.05, 4.69) is 5.16 Å². The van der Waals surface area contributed by atoms with Crippen LogP contribution in [0, 0.1) is 12.3 Å². The average molecular weight is 177 g/mol. The van der Waals surface area contributed by atoms with Crippen molar-refractivity contribution in [3.63, 3.8) is 0 Å². The third kappa shape index (κ3) is 0.794. The van der Waals surface area contributed by atoms with Gasteiger partial charge in [-0.05, 0) is 26.2 Å². The Hall–Kier alpha value is -1.12. The van der Waals surface area contributed by atoms with Gasteiger partial charge in [0.2, 0.25) is 0 Å². The number of ketones is 1. The summed E-state index contributed by atoms with van der Waals surface area (Å²) in [7, 11) is 0. The summed E-state index contributed by atoms with van der Waals surface area (Å²) in [5.41, 5.74) is 1.55. The molecule has 3 heteroatoms. The minimum Gasteiger partial charge on any atom is -0.360 e. The van der Waals surface area contributed by atoms with Crippen molar-refractivity contribution in [3.05, 3.63) is 17.0 Å². The first-order valence-electron chi connectivity index (χ1n) is 4.73. The van der Waals surface area contributed by atoms with Crippen molar-refractivity contribution in [2.45, 2.75) is 32.6 Å². The molecule has 0 aliphatic heterocycles. The molecule has 2 aliphatic carbocycles. The van der Waals surface area contributed by atoms with E-state index < -0.39 is 0 Å². The van der Waals surface area contributed by atoms with Gasteiger partial charge in [0, 0.05) is 11.8 Å². The summed E-state index contributed by atoms with van der Waals surface area (Å²) >= 11 is 0. The molecular weight excluding hydrogens is 166 g/mol. The lowest BCUT2D eigenvalue weighted by Gasteiger charge is -2.17. The largest absolute Gasteiger partial charge is 0.360 e. The van der Waals surface area contributed by atoms with E-state index in [1.807, 2.05) is 6.92 Å². The van der Waals surface area contributed by atoms with E-state index in [0.717, 1.165) is 42.7 Å². The standard InChI is InChI=1S/C10H11NO2/c1-6-8-7(13-11-6)2-3-10(4-5-10)9(8)12/h2-5H2,1H3. The number of nitrogens with zero attached hydrogens (tertiary/aromatic N) is 1. The van der Waals surface area contributed by atoms with Crippen LogP contribution >= 0.6 is 0 Å². The second-order valence-electron chi connectivity index (χ2n) is 4.18. The summed E-state index contributed by atoms with van der Waals surface area (Å²) in [6.07, 6.45) is 3.99. The molecule has 1 saturated carbocycles. The number of carbonyl (C=O) groups excluding carboxylic acids is 1. The van der Waals surface area contributed by atoms with Crippen LogP contribution in [0.2, 0.25) is 0 Å². The summed E-state index contributed by atoms with van der Waals surface area (Å²) in [6.45, 7) is 1.85. The van der Waals surface area contributed by atoms with Crippen molar-refractivity contribution in [2.24, 2.45) is 5.41 Å². The molecule has 0 aromatic carbocycles. The molecule has 13 heavy (non-hydrogen) atoms. The van der Waals surface area contributed by atoms with Gasteiger partial charge in [0.25, 0.3) is 0 Å². The molecule has 0 N–H and O–H groups in total. The summed E-state index contributed by atoms with van der Waals surface area (Å²) in [5.74, 6) is 1.09. The highest BCUT2D eigenvalue weighted by atomic mass is 16.5. The summed E-state index contributed by atoms with van der Waals surface area (Å²) in [5, 5.41) is 3.85. The van der Waals surface area contributed by atoms with Gasteiger partial charge in [-0.15, -0.1) is 0 Å². The molecule has 1 aromatic rings. The summed E-state index contributed by atoms with van der Waals surface area (Å²) < 4.78 is 5.11. The first-order valence-corrected chi connectivity index (χ1v) is 4.73. The molecule has 2 aliphatic rings. The zero-order chi connectivity index (χ0) is 9.05. The maximum Gasteiger partial charge on any atom is 0.174 e. The SMILES string of the molecule is Cc1noc2c1C(=O)C1(CC2)CC1. The van der Waals surface area contributed by atoms with E-state index >= 15 is 0 Å². The minimum absolute atomic E-state index is 0.00329. The third-order valence-electron chi connectivity index (χ3n) is 3.33. The number of Topliss-reactive ketones (excluding diaryl/α,β-unsaturated/α-hetero) is 1. The molecule has 1 fully saturated rings. The predicted octanol–water partition coefficient (Wildman–Crippen LogP) is 1.89. The number of rotatable bonds is 0. The molecule has 0 saturated heterocycles. The highest BCUT2D eigenvalue weighted by Gasteiger charge is 2.53. The minimum atomic E-state index is 0.00329. The van der Waals surface area contributed by atoms with Gasteiger partial charge in [0.15, 0.2) is 5.78 Å². The van der Waals surface area contributed by atoms with Gasteiger partial charge < -0.3 is 4.52 Å². The van der Waals surface area contributed by atoms with Crippen molar-refractivity contribution >= 4 is 5.78 Å². The van der Waals surface area contributed by atoms with Crippen LogP contribution in [-0.4, -0.2) is 10.9 Å². The number of fused-ring (bicyclic) bond motifs is 1. The lowest BCUT2D eigenvalue weighted by molar-refractivity contribution is 0.0874. The van der Waals surface area contributed by atoms with Crippen LogP contribution in [0.1, 0.15) is 41.1 Å². The Balaban J connectivity index is 2.16. The Bertz CT molecular complexity index is 388. The number of carbonyl (C=O) groups is 1. The van der Waals surface area contributed by atoms with E-state index in [0.29, 0.717) is 0 Å². The Morgan fingerprint density at radius 2 is 2.15 bits per heavy atom. The van der Waals surface area contributed by atoms with Crippen LogP contribution in [0.3, 0.4) is 0 Å². The van der Waals surface area contributed by atoms with E-state index in [9.17, 15) is 4.79 Å². The Morgan fingerprint density at radius 1 is 1.38 bits per heavy atom. The summed E-state index contributed by atoms with van der Waals surface area (Å²) in [4.78, 5) is 12.0. The van der Waals surface area contributed by atoms with Crippen molar-refractivity contribution in [2.75, 3.05) is 0 Å². The Labute approximate surface area is 76.1 Å².